The number of hydrogen-bond acceptors (Lipinski definition) is 3. The predicted molar refractivity (Wildman–Crippen MR) is 84.2 cm³/mol. The van der Waals surface area contributed by atoms with Crippen molar-refractivity contribution in [1.82, 2.24) is 4.90 Å². The average Bonchev–Trinajstić information content (AvgIpc) is 2.49. The van der Waals surface area contributed by atoms with E-state index in [4.69, 9.17) is 10.5 Å². The van der Waals surface area contributed by atoms with E-state index in [1.165, 1.54) is 44.3 Å². The van der Waals surface area contributed by atoms with Crippen molar-refractivity contribution in [2.24, 2.45) is 11.7 Å². The van der Waals surface area contributed by atoms with Gasteiger partial charge in [0, 0.05) is 13.1 Å². The number of rotatable bonds is 7. The topological polar surface area (TPSA) is 38.5 Å². The highest BCUT2D eigenvalue weighted by Gasteiger charge is 2.18. The normalized spacial score (nSPS) is 17.3. The van der Waals surface area contributed by atoms with Crippen LogP contribution in [0.25, 0.3) is 0 Å². The van der Waals surface area contributed by atoms with E-state index < -0.39 is 0 Å². The maximum Gasteiger partial charge on any atom is 0.119 e. The Bertz CT molecular complexity index is 369. The van der Waals surface area contributed by atoms with Crippen molar-refractivity contribution in [3.8, 4) is 5.75 Å². The standard InChI is InChI=1S/C17H28N2O/c1-2-20-17-7-5-15(6-8-17)3-4-16-9-12-19(13-10-16)14-11-18/h5-8,16H,2-4,9-14,18H2,1H3. The fourth-order valence-corrected chi connectivity index (χ4v) is 2.97. The first-order valence-corrected chi connectivity index (χ1v) is 7.96. The summed E-state index contributed by atoms with van der Waals surface area (Å²) in [4.78, 5) is 2.49. The minimum absolute atomic E-state index is 0.737. The fourth-order valence-electron chi connectivity index (χ4n) is 2.97. The summed E-state index contributed by atoms with van der Waals surface area (Å²) in [6.45, 7) is 7.06. The number of nitrogens with two attached hydrogens (primary N) is 1. The van der Waals surface area contributed by atoms with Gasteiger partial charge in [0.15, 0.2) is 0 Å². The molecule has 0 unspecified atom stereocenters. The molecular formula is C17H28N2O. The second-order valence-electron chi connectivity index (χ2n) is 5.69. The van der Waals surface area contributed by atoms with E-state index >= 15 is 0 Å². The maximum absolute atomic E-state index is 5.61. The third kappa shape index (κ3) is 4.80. The van der Waals surface area contributed by atoms with Gasteiger partial charge in [0.05, 0.1) is 6.61 Å². The van der Waals surface area contributed by atoms with Crippen LogP contribution in [-0.2, 0) is 6.42 Å². The molecule has 0 bridgehead atoms. The summed E-state index contributed by atoms with van der Waals surface area (Å²) in [5.41, 5.74) is 7.04. The second kappa shape index (κ2) is 8.28. The Morgan fingerprint density at radius 1 is 1.20 bits per heavy atom. The van der Waals surface area contributed by atoms with Gasteiger partial charge in [-0.15, -0.1) is 0 Å². The van der Waals surface area contributed by atoms with Gasteiger partial charge in [0.1, 0.15) is 5.75 Å². The van der Waals surface area contributed by atoms with Gasteiger partial charge in [-0.2, -0.15) is 0 Å². The van der Waals surface area contributed by atoms with Gasteiger partial charge in [-0.05, 0) is 69.3 Å². The Balaban J connectivity index is 1.70. The van der Waals surface area contributed by atoms with Crippen molar-refractivity contribution in [3.63, 3.8) is 0 Å². The van der Waals surface area contributed by atoms with E-state index in [-0.39, 0.29) is 0 Å². The van der Waals surface area contributed by atoms with Crippen LogP contribution >= 0.6 is 0 Å². The average molecular weight is 276 g/mol. The number of aryl methyl sites for hydroxylation is 1. The Morgan fingerprint density at radius 2 is 1.90 bits per heavy atom. The largest absolute Gasteiger partial charge is 0.494 e. The molecule has 0 aromatic heterocycles. The number of piperidine rings is 1. The first kappa shape index (κ1) is 15.3. The summed E-state index contributed by atoms with van der Waals surface area (Å²) in [5.74, 6) is 1.86. The lowest BCUT2D eigenvalue weighted by atomic mass is 9.90. The van der Waals surface area contributed by atoms with Crippen molar-refractivity contribution in [3.05, 3.63) is 29.8 Å². The quantitative estimate of drug-likeness (QED) is 0.832. The molecule has 0 saturated carbocycles. The molecule has 1 aromatic carbocycles. The molecule has 0 radical (unpaired) electrons. The molecular weight excluding hydrogens is 248 g/mol. The summed E-state index contributed by atoms with van der Waals surface area (Å²) in [5, 5.41) is 0. The van der Waals surface area contributed by atoms with Crippen LogP contribution in [-0.4, -0.2) is 37.7 Å². The van der Waals surface area contributed by atoms with Crippen LogP contribution in [0.1, 0.15) is 31.7 Å². The molecule has 3 heteroatoms. The molecule has 0 amide bonds. The number of likely N-dealkylation sites (tertiary alicyclic amines) is 1. The van der Waals surface area contributed by atoms with Gasteiger partial charge in [0.2, 0.25) is 0 Å². The second-order valence-corrected chi connectivity index (χ2v) is 5.69. The third-order valence-corrected chi connectivity index (χ3v) is 4.23. The number of ether oxygens (including phenoxy) is 1. The summed E-state index contributed by atoms with van der Waals surface area (Å²) >= 11 is 0. The van der Waals surface area contributed by atoms with Gasteiger partial charge < -0.3 is 15.4 Å². The van der Waals surface area contributed by atoms with Crippen molar-refractivity contribution in [2.45, 2.75) is 32.6 Å². The van der Waals surface area contributed by atoms with E-state index in [1.54, 1.807) is 0 Å². The summed E-state index contributed by atoms with van der Waals surface area (Å²) in [6, 6.07) is 8.58. The first-order chi connectivity index (χ1) is 9.81. The van der Waals surface area contributed by atoms with Crippen LogP contribution in [0.3, 0.4) is 0 Å². The Morgan fingerprint density at radius 3 is 2.50 bits per heavy atom. The molecule has 2 N–H and O–H groups in total. The number of hydrogen-bond donors (Lipinski definition) is 1. The van der Waals surface area contributed by atoms with Crippen LogP contribution in [0.5, 0.6) is 5.75 Å². The van der Waals surface area contributed by atoms with Crippen LogP contribution in [0.4, 0.5) is 0 Å². The number of benzene rings is 1. The molecule has 1 aliphatic rings. The van der Waals surface area contributed by atoms with E-state index in [0.717, 1.165) is 31.4 Å². The number of nitrogens with zero attached hydrogens (tertiary/aromatic N) is 1. The highest BCUT2D eigenvalue weighted by Crippen LogP contribution is 2.23. The molecule has 1 aliphatic heterocycles. The van der Waals surface area contributed by atoms with Gasteiger partial charge >= 0.3 is 0 Å². The van der Waals surface area contributed by atoms with E-state index in [0.29, 0.717) is 0 Å². The van der Waals surface area contributed by atoms with Crippen LogP contribution in [0, 0.1) is 5.92 Å². The molecule has 1 saturated heterocycles. The molecule has 1 aromatic rings. The third-order valence-electron chi connectivity index (χ3n) is 4.23. The van der Waals surface area contributed by atoms with Crippen LogP contribution in [0.2, 0.25) is 0 Å². The molecule has 0 spiro atoms. The van der Waals surface area contributed by atoms with Crippen molar-refractivity contribution in [1.29, 1.82) is 0 Å². The molecule has 1 fully saturated rings. The fraction of sp³-hybridized carbons (Fsp3) is 0.647. The minimum Gasteiger partial charge on any atom is -0.494 e. The smallest absolute Gasteiger partial charge is 0.119 e. The zero-order chi connectivity index (χ0) is 14.2. The van der Waals surface area contributed by atoms with Crippen molar-refractivity contribution in [2.75, 3.05) is 32.8 Å². The highest BCUT2D eigenvalue weighted by molar-refractivity contribution is 5.27. The predicted octanol–water partition coefficient (Wildman–Crippen LogP) is 2.69. The molecule has 112 valence electrons. The van der Waals surface area contributed by atoms with Gasteiger partial charge in [-0.3, -0.25) is 0 Å². The lowest BCUT2D eigenvalue weighted by molar-refractivity contribution is 0.183. The summed E-state index contributed by atoms with van der Waals surface area (Å²) < 4.78 is 5.47. The van der Waals surface area contributed by atoms with E-state index in [9.17, 15) is 0 Å². The molecule has 2 rings (SSSR count). The zero-order valence-corrected chi connectivity index (χ0v) is 12.7. The molecule has 3 nitrogen and oxygen atoms in total. The lowest BCUT2D eigenvalue weighted by Gasteiger charge is -2.31. The molecule has 0 aliphatic carbocycles. The summed E-state index contributed by atoms with van der Waals surface area (Å²) in [6.07, 6.45) is 5.16. The molecule has 1 heterocycles. The highest BCUT2D eigenvalue weighted by atomic mass is 16.5. The monoisotopic (exact) mass is 276 g/mol. The maximum atomic E-state index is 5.61. The van der Waals surface area contributed by atoms with E-state index in [2.05, 4.69) is 29.2 Å². The van der Waals surface area contributed by atoms with Gasteiger partial charge in [0.25, 0.3) is 0 Å². The molecule has 0 atom stereocenters. The zero-order valence-electron chi connectivity index (χ0n) is 12.7. The summed E-state index contributed by atoms with van der Waals surface area (Å²) in [7, 11) is 0. The van der Waals surface area contributed by atoms with Gasteiger partial charge in [-0.25, -0.2) is 0 Å². The van der Waals surface area contributed by atoms with Crippen molar-refractivity contribution < 1.29 is 4.74 Å². The van der Waals surface area contributed by atoms with Crippen LogP contribution in [0.15, 0.2) is 24.3 Å². The Hall–Kier alpha value is -1.06. The van der Waals surface area contributed by atoms with Crippen LogP contribution < -0.4 is 10.5 Å². The first-order valence-electron chi connectivity index (χ1n) is 7.96. The van der Waals surface area contributed by atoms with Gasteiger partial charge in [-0.1, -0.05) is 12.1 Å². The lowest BCUT2D eigenvalue weighted by Crippen LogP contribution is -2.37. The Kier molecular flexibility index (Phi) is 6.34. The van der Waals surface area contributed by atoms with E-state index in [1.807, 2.05) is 6.92 Å². The molecule has 20 heavy (non-hydrogen) atoms. The van der Waals surface area contributed by atoms with Crippen molar-refractivity contribution >= 4 is 0 Å². The SMILES string of the molecule is CCOc1ccc(CCC2CCN(CCN)CC2)cc1. The minimum atomic E-state index is 0.737. The Labute approximate surface area is 123 Å².